The summed E-state index contributed by atoms with van der Waals surface area (Å²) in [7, 11) is -4.14. The first kappa shape index (κ1) is 25.4. The number of hydrogen-bond acceptors (Lipinski definition) is 5. The highest BCUT2D eigenvalue weighted by molar-refractivity contribution is 7.89. The molecule has 0 saturated carbocycles. The Balaban J connectivity index is 1.63. The van der Waals surface area contributed by atoms with Gasteiger partial charge in [0.15, 0.2) is 5.75 Å². The van der Waals surface area contributed by atoms with Gasteiger partial charge in [-0.05, 0) is 48.0 Å². The molecular formula is C22H16Cl5N3O3S. The number of hydrazone groups is 1. The topological polar surface area (TPSA) is 82.0 Å². The first-order chi connectivity index (χ1) is 16.0. The van der Waals surface area contributed by atoms with Gasteiger partial charge in [0.1, 0.15) is 4.90 Å². The Labute approximate surface area is 221 Å². The molecule has 0 saturated heterocycles. The molecule has 0 radical (unpaired) electrons. The maximum atomic E-state index is 12.8. The number of rotatable bonds is 6. The molecule has 12 heteroatoms. The summed E-state index contributed by atoms with van der Waals surface area (Å²) in [4.78, 5) is -0.421. The second-order valence-corrected chi connectivity index (χ2v) is 11.3. The van der Waals surface area contributed by atoms with Crippen molar-refractivity contribution in [2.75, 3.05) is 11.6 Å². The molecule has 3 aromatic rings. The number of hydrogen-bond donors (Lipinski definition) is 2. The lowest BCUT2D eigenvalue weighted by atomic mass is 10.0. The van der Waals surface area contributed by atoms with Crippen LogP contribution in [-0.2, 0) is 10.0 Å². The van der Waals surface area contributed by atoms with Crippen LogP contribution in [0.3, 0.4) is 0 Å². The van der Waals surface area contributed by atoms with Crippen LogP contribution in [0.15, 0.2) is 64.6 Å². The monoisotopic (exact) mass is 577 g/mol. The van der Waals surface area contributed by atoms with Crippen LogP contribution in [0, 0.1) is 0 Å². The highest BCUT2D eigenvalue weighted by Gasteiger charge is 2.31. The third-order valence-electron chi connectivity index (χ3n) is 5.13. The molecule has 6 nitrogen and oxygen atoms in total. The highest BCUT2D eigenvalue weighted by Crippen LogP contribution is 2.40. The molecule has 1 heterocycles. The summed E-state index contributed by atoms with van der Waals surface area (Å²) in [5.74, 6) is -0.583. The van der Waals surface area contributed by atoms with Gasteiger partial charge in [-0.2, -0.15) is 5.10 Å². The van der Waals surface area contributed by atoms with Crippen LogP contribution >= 0.6 is 58.0 Å². The summed E-state index contributed by atoms with van der Waals surface area (Å²) < 4.78 is 28.1. The molecule has 4 rings (SSSR count). The molecule has 2 N–H and O–H groups in total. The third kappa shape index (κ3) is 5.41. The summed E-state index contributed by atoms with van der Waals surface area (Å²) >= 11 is 30.3. The number of phenols is 1. The van der Waals surface area contributed by atoms with E-state index in [1.165, 1.54) is 6.07 Å². The quantitative estimate of drug-likeness (QED) is 0.331. The molecule has 34 heavy (non-hydrogen) atoms. The molecule has 3 aromatic carbocycles. The van der Waals surface area contributed by atoms with Gasteiger partial charge in [0.25, 0.3) is 0 Å². The Morgan fingerprint density at radius 2 is 1.56 bits per heavy atom. The zero-order valence-corrected chi connectivity index (χ0v) is 21.7. The average Bonchev–Trinajstić information content (AvgIpc) is 3.19. The van der Waals surface area contributed by atoms with E-state index in [2.05, 4.69) is 9.82 Å². The fourth-order valence-corrected chi connectivity index (χ4v) is 5.91. The first-order valence-corrected chi connectivity index (χ1v) is 13.2. The summed E-state index contributed by atoms with van der Waals surface area (Å²) in [5.41, 5.74) is 2.07. The van der Waals surface area contributed by atoms with Crippen LogP contribution in [0.5, 0.6) is 5.75 Å². The molecule has 1 atom stereocenters. The Morgan fingerprint density at radius 1 is 0.912 bits per heavy atom. The summed E-state index contributed by atoms with van der Waals surface area (Å²) in [6, 6.07) is 14.5. The van der Waals surface area contributed by atoms with Crippen LogP contribution in [0.25, 0.3) is 0 Å². The zero-order chi connectivity index (χ0) is 24.6. The largest absolute Gasteiger partial charge is 0.505 e. The Bertz CT molecular complexity index is 1380. The molecule has 0 amide bonds. The first-order valence-electron chi connectivity index (χ1n) is 9.79. The zero-order valence-electron chi connectivity index (χ0n) is 17.1. The maximum Gasteiger partial charge on any atom is 0.244 e. The number of anilines is 1. The van der Waals surface area contributed by atoms with Crippen molar-refractivity contribution >= 4 is 79.4 Å². The highest BCUT2D eigenvalue weighted by atomic mass is 35.5. The molecule has 0 bridgehead atoms. The van der Waals surface area contributed by atoms with E-state index in [9.17, 15) is 13.5 Å². The van der Waals surface area contributed by atoms with Crippen molar-refractivity contribution in [1.82, 2.24) is 4.72 Å². The van der Waals surface area contributed by atoms with Gasteiger partial charge >= 0.3 is 0 Å². The molecular weight excluding hydrogens is 564 g/mol. The number of nitrogens with zero attached hydrogens (tertiary/aromatic N) is 2. The van der Waals surface area contributed by atoms with E-state index in [4.69, 9.17) is 58.0 Å². The van der Waals surface area contributed by atoms with Crippen LogP contribution in [0.4, 0.5) is 5.69 Å². The summed E-state index contributed by atoms with van der Waals surface area (Å²) in [6.07, 6.45) is 0.408. The van der Waals surface area contributed by atoms with Gasteiger partial charge in [-0.1, -0.05) is 70.1 Å². The third-order valence-corrected chi connectivity index (χ3v) is 7.84. The van der Waals surface area contributed by atoms with Crippen molar-refractivity contribution in [3.63, 3.8) is 0 Å². The van der Waals surface area contributed by atoms with E-state index in [1.54, 1.807) is 35.3 Å². The fraction of sp³-hybridized carbons (Fsp3) is 0.136. The standard InChI is InChI=1S/C22H16Cl5N3O3S/c23-13-3-1-12(2-4-13)20-10-16(29-30(20)19-6-5-14(24)7-17(19)26)11-28-34(32,33)21-9-15(25)8-18(27)22(21)31/h1-9,20,28,31H,10-11H2. The minimum atomic E-state index is -4.14. The van der Waals surface area contributed by atoms with E-state index in [1.807, 2.05) is 12.1 Å². The van der Waals surface area contributed by atoms with Gasteiger partial charge in [-0.15, -0.1) is 0 Å². The molecule has 178 valence electrons. The van der Waals surface area contributed by atoms with E-state index < -0.39 is 20.7 Å². The fourth-order valence-electron chi connectivity index (χ4n) is 3.52. The van der Waals surface area contributed by atoms with Crippen molar-refractivity contribution in [3.8, 4) is 5.75 Å². The van der Waals surface area contributed by atoms with E-state index in [0.717, 1.165) is 11.6 Å². The lowest BCUT2D eigenvalue weighted by Gasteiger charge is -2.25. The molecule has 1 unspecified atom stereocenters. The van der Waals surface area contributed by atoms with Crippen molar-refractivity contribution in [2.45, 2.75) is 17.4 Å². The molecule has 0 aliphatic carbocycles. The van der Waals surface area contributed by atoms with Gasteiger partial charge in [0, 0.05) is 21.5 Å². The van der Waals surface area contributed by atoms with Gasteiger partial charge in [-0.3, -0.25) is 5.01 Å². The SMILES string of the molecule is O=S(=O)(NCC1=NN(c2ccc(Cl)cc2Cl)C(c2ccc(Cl)cc2)C1)c1cc(Cl)cc(Cl)c1O. The second-order valence-electron chi connectivity index (χ2n) is 7.44. The van der Waals surface area contributed by atoms with Gasteiger partial charge in [0.2, 0.25) is 10.0 Å². The van der Waals surface area contributed by atoms with Gasteiger partial charge < -0.3 is 5.11 Å². The predicted octanol–water partition coefficient (Wildman–Crippen LogP) is 6.95. The normalized spacial score (nSPS) is 16.1. The Hall–Kier alpha value is -1.71. The number of aromatic hydroxyl groups is 1. The van der Waals surface area contributed by atoms with Gasteiger partial charge in [0.05, 0.1) is 34.0 Å². The van der Waals surface area contributed by atoms with Crippen LogP contribution < -0.4 is 9.73 Å². The van der Waals surface area contributed by atoms with Crippen LogP contribution in [0.2, 0.25) is 25.1 Å². The number of sulfonamides is 1. The predicted molar refractivity (Wildman–Crippen MR) is 139 cm³/mol. The molecule has 1 aliphatic rings. The van der Waals surface area contributed by atoms with E-state index in [0.29, 0.717) is 32.9 Å². The number of nitrogens with one attached hydrogen (secondary N) is 1. The lowest BCUT2D eigenvalue weighted by molar-refractivity contribution is 0.458. The Morgan fingerprint density at radius 3 is 2.24 bits per heavy atom. The summed E-state index contributed by atoms with van der Waals surface area (Å²) in [5, 5.41) is 17.8. The molecule has 0 aromatic heterocycles. The Kier molecular flexibility index (Phi) is 7.55. The minimum absolute atomic E-state index is 0.0766. The smallest absolute Gasteiger partial charge is 0.244 e. The number of phenolic OH excluding ortho intramolecular Hbond substituents is 1. The molecule has 0 spiro atoms. The number of halogens is 5. The lowest BCUT2D eigenvalue weighted by Crippen LogP contribution is -2.29. The second kappa shape index (κ2) is 10.1. The van der Waals surface area contributed by atoms with Crippen molar-refractivity contribution in [2.24, 2.45) is 5.10 Å². The molecule has 1 aliphatic heterocycles. The van der Waals surface area contributed by atoms with E-state index in [-0.39, 0.29) is 22.6 Å². The molecule has 0 fully saturated rings. The maximum absolute atomic E-state index is 12.8. The van der Waals surface area contributed by atoms with Crippen LogP contribution in [0.1, 0.15) is 18.0 Å². The van der Waals surface area contributed by atoms with Crippen molar-refractivity contribution < 1.29 is 13.5 Å². The van der Waals surface area contributed by atoms with Crippen LogP contribution in [-0.4, -0.2) is 25.8 Å². The minimum Gasteiger partial charge on any atom is -0.505 e. The van der Waals surface area contributed by atoms with Crippen molar-refractivity contribution in [1.29, 1.82) is 0 Å². The number of benzene rings is 3. The summed E-state index contributed by atoms with van der Waals surface area (Å²) in [6.45, 7) is -0.113. The van der Waals surface area contributed by atoms with Gasteiger partial charge in [-0.25, -0.2) is 13.1 Å². The van der Waals surface area contributed by atoms with E-state index >= 15 is 0 Å². The average molecular weight is 580 g/mol. The van der Waals surface area contributed by atoms with Crippen molar-refractivity contribution in [3.05, 3.63) is 85.3 Å².